The maximum atomic E-state index is 13.3. The summed E-state index contributed by atoms with van der Waals surface area (Å²) in [4.78, 5) is 19.2. The molecule has 0 saturated carbocycles. The maximum Gasteiger partial charge on any atom is 0.293 e. The number of benzene rings is 1. The standard InChI is InChI=1S/C22H25F2N5O2/c1-13-16(5-4-6-17(13)20(23)24)14(2)26-21-18-11-15(29-7-9-31-10-8-29)12-25-19(18)22(30)28(3)27-21/h4-6,11-12,14,20H,7-10H2,1-3H3,(H,26,27). The van der Waals surface area contributed by atoms with E-state index in [2.05, 4.69) is 20.3 Å². The molecule has 1 fully saturated rings. The predicted molar refractivity (Wildman–Crippen MR) is 116 cm³/mol. The van der Waals surface area contributed by atoms with Crippen LogP contribution in [0.15, 0.2) is 35.3 Å². The molecule has 1 atom stereocenters. The van der Waals surface area contributed by atoms with Crippen LogP contribution < -0.4 is 15.8 Å². The Labute approximate surface area is 178 Å². The Bertz CT molecular complexity index is 1160. The first-order valence-corrected chi connectivity index (χ1v) is 10.2. The van der Waals surface area contributed by atoms with Crippen molar-refractivity contribution in [2.24, 2.45) is 7.05 Å². The number of nitrogens with one attached hydrogen (secondary N) is 1. The van der Waals surface area contributed by atoms with Crippen LogP contribution in [-0.2, 0) is 11.8 Å². The van der Waals surface area contributed by atoms with E-state index >= 15 is 0 Å². The molecule has 1 N–H and O–H groups in total. The molecule has 3 aromatic rings. The summed E-state index contributed by atoms with van der Waals surface area (Å²) in [6, 6.07) is 6.49. The number of fused-ring (bicyclic) bond motifs is 1. The third-order valence-electron chi connectivity index (χ3n) is 5.72. The number of alkyl halides is 2. The van der Waals surface area contributed by atoms with E-state index in [0.29, 0.717) is 35.5 Å². The van der Waals surface area contributed by atoms with Gasteiger partial charge >= 0.3 is 0 Å². The van der Waals surface area contributed by atoms with Gasteiger partial charge in [-0.3, -0.25) is 4.79 Å². The number of nitrogens with zero attached hydrogens (tertiary/aromatic N) is 4. The van der Waals surface area contributed by atoms with Crippen LogP contribution in [0.3, 0.4) is 0 Å². The number of aromatic nitrogens is 3. The second kappa shape index (κ2) is 8.58. The SMILES string of the molecule is Cc1c(C(F)F)cccc1C(C)Nc1nn(C)c(=O)c2ncc(N3CCOCC3)cc12. The Morgan fingerprint density at radius 3 is 2.61 bits per heavy atom. The van der Waals surface area contributed by atoms with E-state index in [-0.39, 0.29) is 17.2 Å². The summed E-state index contributed by atoms with van der Waals surface area (Å²) in [6.45, 7) is 6.33. The molecule has 2 aromatic heterocycles. The molecule has 1 aromatic carbocycles. The first-order valence-electron chi connectivity index (χ1n) is 10.2. The van der Waals surface area contributed by atoms with Gasteiger partial charge in [-0.25, -0.2) is 18.4 Å². The van der Waals surface area contributed by atoms with Gasteiger partial charge in [0, 0.05) is 25.7 Å². The van der Waals surface area contributed by atoms with Crippen molar-refractivity contribution < 1.29 is 13.5 Å². The Morgan fingerprint density at radius 1 is 1.19 bits per heavy atom. The Hall–Kier alpha value is -3.07. The fraction of sp³-hybridized carbons (Fsp3) is 0.409. The molecule has 4 rings (SSSR count). The Balaban J connectivity index is 1.75. The highest BCUT2D eigenvalue weighted by molar-refractivity contribution is 5.90. The average molecular weight is 429 g/mol. The number of halogens is 2. The number of aryl methyl sites for hydroxylation is 1. The van der Waals surface area contributed by atoms with Gasteiger partial charge in [-0.1, -0.05) is 18.2 Å². The van der Waals surface area contributed by atoms with E-state index in [0.717, 1.165) is 24.3 Å². The van der Waals surface area contributed by atoms with Gasteiger partial charge < -0.3 is 15.0 Å². The number of ether oxygens (including phenoxy) is 1. The van der Waals surface area contributed by atoms with Crippen molar-refractivity contribution in [3.05, 3.63) is 57.5 Å². The van der Waals surface area contributed by atoms with Crippen LogP contribution in [-0.4, -0.2) is 41.1 Å². The van der Waals surface area contributed by atoms with Crippen LogP contribution in [0.25, 0.3) is 10.9 Å². The summed E-state index contributed by atoms with van der Waals surface area (Å²) < 4.78 is 33.3. The quantitative estimate of drug-likeness (QED) is 0.668. The molecular weight excluding hydrogens is 404 g/mol. The highest BCUT2D eigenvalue weighted by atomic mass is 19.3. The molecule has 0 aliphatic carbocycles. The zero-order valence-corrected chi connectivity index (χ0v) is 17.7. The average Bonchev–Trinajstić information content (AvgIpc) is 2.77. The second-order valence-electron chi connectivity index (χ2n) is 7.69. The van der Waals surface area contributed by atoms with E-state index < -0.39 is 6.43 Å². The first kappa shape index (κ1) is 21.2. The minimum absolute atomic E-state index is 0.0145. The number of anilines is 2. The van der Waals surface area contributed by atoms with E-state index in [4.69, 9.17) is 4.74 Å². The molecule has 7 nitrogen and oxygen atoms in total. The van der Waals surface area contributed by atoms with Gasteiger partial charge in [0.05, 0.1) is 36.5 Å². The summed E-state index contributed by atoms with van der Waals surface area (Å²) in [6.07, 6.45) is -0.845. The third-order valence-corrected chi connectivity index (χ3v) is 5.72. The number of rotatable bonds is 5. The van der Waals surface area contributed by atoms with E-state index in [1.165, 1.54) is 10.7 Å². The monoisotopic (exact) mass is 429 g/mol. The van der Waals surface area contributed by atoms with Crippen LogP contribution in [0.2, 0.25) is 0 Å². The molecule has 31 heavy (non-hydrogen) atoms. The van der Waals surface area contributed by atoms with Crippen LogP contribution in [0.1, 0.15) is 36.1 Å². The summed E-state index contributed by atoms with van der Waals surface area (Å²) in [5.41, 5.74) is 2.20. The molecule has 0 bridgehead atoms. The highest BCUT2D eigenvalue weighted by Crippen LogP contribution is 2.31. The lowest BCUT2D eigenvalue weighted by Crippen LogP contribution is -2.36. The lowest BCUT2D eigenvalue weighted by atomic mass is 9.97. The smallest absolute Gasteiger partial charge is 0.293 e. The lowest BCUT2D eigenvalue weighted by molar-refractivity contribution is 0.122. The predicted octanol–water partition coefficient (Wildman–Crippen LogP) is 3.58. The summed E-state index contributed by atoms with van der Waals surface area (Å²) in [5.74, 6) is 0.481. The fourth-order valence-electron chi connectivity index (χ4n) is 3.97. The number of hydrogen-bond acceptors (Lipinski definition) is 6. The van der Waals surface area contributed by atoms with Gasteiger partial charge in [0.1, 0.15) is 5.52 Å². The second-order valence-corrected chi connectivity index (χ2v) is 7.69. The molecule has 164 valence electrons. The van der Waals surface area contributed by atoms with E-state index in [9.17, 15) is 13.6 Å². The molecule has 1 saturated heterocycles. The zero-order chi connectivity index (χ0) is 22.1. The van der Waals surface area contributed by atoms with Crippen LogP contribution >= 0.6 is 0 Å². The minimum atomic E-state index is -2.54. The third kappa shape index (κ3) is 4.10. The van der Waals surface area contributed by atoms with Crippen molar-refractivity contribution in [1.29, 1.82) is 0 Å². The van der Waals surface area contributed by atoms with Gasteiger partial charge in [-0.15, -0.1) is 0 Å². The number of hydrogen-bond donors (Lipinski definition) is 1. The normalized spacial score (nSPS) is 15.5. The van der Waals surface area contributed by atoms with Crippen molar-refractivity contribution >= 4 is 22.4 Å². The van der Waals surface area contributed by atoms with Gasteiger partial charge in [-0.05, 0) is 31.0 Å². The number of morpholine rings is 1. The van der Waals surface area contributed by atoms with Crippen LogP contribution in [0.4, 0.5) is 20.3 Å². The molecule has 0 amide bonds. The summed E-state index contributed by atoms with van der Waals surface area (Å²) in [7, 11) is 1.57. The summed E-state index contributed by atoms with van der Waals surface area (Å²) in [5, 5.41) is 8.31. The van der Waals surface area contributed by atoms with Gasteiger partial charge in [0.15, 0.2) is 5.82 Å². The lowest BCUT2D eigenvalue weighted by Gasteiger charge is -2.28. The van der Waals surface area contributed by atoms with Crippen molar-refractivity contribution in [2.75, 3.05) is 36.5 Å². The summed E-state index contributed by atoms with van der Waals surface area (Å²) >= 11 is 0. The zero-order valence-electron chi connectivity index (χ0n) is 17.7. The Kier molecular flexibility index (Phi) is 5.86. The topological polar surface area (TPSA) is 72.3 Å². The fourth-order valence-corrected chi connectivity index (χ4v) is 3.97. The molecule has 1 unspecified atom stereocenters. The molecule has 1 aliphatic rings. The Morgan fingerprint density at radius 2 is 1.90 bits per heavy atom. The van der Waals surface area contributed by atoms with Gasteiger partial charge in [0.2, 0.25) is 0 Å². The molecule has 3 heterocycles. The largest absolute Gasteiger partial charge is 0.378 e. The van der Waals surface area contributed by atoms with Gasteiger partial charge in [-0.2, -0.15) is 5.10 Å². The number of pyridine rings is 1. The molecule has 0 spiro atoms. The molecule has 1 aliphatic heterocycles. The molecular formula is C22H25F2N5O2. The van der Waals surface area contributed by atoms with E-state index in [1.807, 2.05) is 19.1 Å². The maximum absolute atomic E-state index is 13.3. The van der Waals surface area contributed by atoms with Crippen LogP contribution in [0.5, 0.6) is 0 Å². The molecule has 9 heteroatoms. The van der Waals surface area contributed by atoms with Crippen molar-refractivity contribution in [3.8, 4) is 0 Å². The van der Waals surface area contributed by atoms with Crippen molar-refractivity contribution in [2.45, 2.75) is 26.3 Å². The first-order chi connectivity index (χ1) is 14.9. The van der Waals surface area contributed by atoms with Gasteiger partial charge in [0.25, 0.3) is 12.0 Å². The van der Waals surface area contributed by atoms with Crippen molar-refractivity contribution in [3.63, 3.8) is 0 Å². The van der Waals surface area contributed by atoms with Crippen molar-refractivity contribution in [1.82, 2.24) is 14.8 Å². The van der Waals surface area contributed by atoms with E-state index in [1.54, 1.807) is 26.2 Å². The minimum Gasteiger partial charge on any atom is -0.378 e. The highest BCUT2D eigenvalue weighted by Gasteiger charge is 2.20. The van der Waals surface area contributed by atoms with Crippen LogP contribution in [0, 0.1) is 6.92 Å². The molecule has 0 radical (unpaired) electrons.